The Bertz CT molecular complexity index is 530. The molecular formula is C15H19NO5. The molecule has 0 spiro atoms. The summed E-state index contributed by atoms with van der Waals surface area (Å²) in [5.74, 6) is -1.53. The van der Waals surface area contributed by atoms with Crippen molar-refractivity contribution in [1.29, 1.82) is 0 Å². The van der Waals surface area contributed by atoms with Crippen LogP contribution < -0.4 is 0 Å². The molecule has 0 fully saturated rings. The number of rotatable bonds is 5. The molecule has 2 atom stereocenters. The molecule has 1 aromatic rings. The van der Waals surface area contributed by atoms with Gasteiger partial charge in [0.1, 0.15) is 11.5 Å². The van der Waals surface area contributed by atoms with Crippen LogP contribution in [0.25, 0.3) is 0 Å². The number of carbonyl (C=O) groups excluding carboxylic acids is 1. The van der Waals surface area contributed by atoms with Crippen LogP contribution in [-0.2, 0) is 9.53 Å². The summed E-state index contributed by atoms with van der Waals surface area (Å²) in [6.07, 6.45) is 0.137. The summed E-state index contributed by atoms with van der Waals surface area (Å²) in [7, 11) is 0. The summed E-state index contributed by atoms with van der Waals surface area (Å²) in [4.78, 5) is 22.1. The van der Waals surface area contributed by atoms with Gasteiger partial charge in [-0.3, -0.25) is 14.9 Å². The maximum absolute atomic E-state index is 12.0. The fraction of sp³-hybridized carbons (Fsp3) is 0.400. The maximum Gasteiger partial charge on any atom is 0.316 e. The van der Waals surface area contributed by atoms with Crippen molar-refractivity contribution in [2.45, 2.75) is 32.5 Å². The number of aliphatic hydroxyl groups excluding tert-OH is 1. The van der Waals surface area contributed by atoms with Gasteiger partial charge in [0.15, 0.2) is 0 Å². The van der Waals surface area contributed by atoms with Crippen molar-refractivity contribution in [2.24, 2.45) is 5.92 Å². The Kier molecular flexibility index (Phi) is 5.21. The van der Waals surface area contributed by atoms with Crippen molar-refractivity contribution in [2.75, 3.05) is 0 Å². The number of carbonyl (C=O) groups is 1. The Morgan fingerprint density at radius 2 is 1.90 bits per heavy atom. The summed E-state index contributed by atoms with van der Waals surface area (Å²) >= 11 is 0. The third kappa shape index (κ3) is 4.68. The molecule has 0 aliphatic rings. The van der Waals surface area contributed by atoms with Gasteiger partial charge >= 0.3 is 5.97 Å². The van der Waals surface area contributed by atoms with Crippen molar-refractivity contribution < 1.29 is 19.6 Å². The van der Waals surface area contributed by atoms with E-state index < -0.39 is 28.5 Å². The summed E-state index contributed by atoms with van der Waals surface area (Å²) in [5.41, 5.74) is -0.372. The van der Waals surface area contributed by atoms with E-state index in [1.165, 1.54) is 30.3 Å². The van der Waals surface area contributed by atoms with Gasteiger partial charge in [0.2, 0.25) is 0 Å². The highest BCUT2D eigenvalue weighted by Crippen LogP contribution is 2.27. The van der Waals surface area contributed by atoms with Crippen LogP contribution in [0.15, 0.2) is 36.9 Å². The van der Waals surface area contributed by atoms with Crippen LogP contribution in [0.4, 0.5) is 5.69 Å². The number of benzene rings is 1. The molecule has 6 heteroatoms. The maximum atomic E-state index is 12.0. The molecule has 0 radical (unpaired) electrons. The molecular weight excluding hydrogens is 274 g/mol. The quantitative estimate of drug-likeness (QED) is 0.390. The zero-order valence-corrected chi connectivity index (χ0v) is 12.3. The lowest BCUT2D eigenvalue weighted by Crippen LogP contribution is -2.30. The molecule has 114 valence electrons. The molecule has 0 saturated carbocycles. The molecule has 0 aliphatic heterocycles. The van der Waals surface area contributed by atoms with Crippen LogP contribution in [0, 0.1) is 16.0 Å². The minimum atomic E-state index is -1.17. The van der Waals surface area contributed by atoms with Crippen molar-refractivity contribution in [3.05, 3.63) is 52.6 Å². The first-order valence-corrected chi connectivity index (χ1v) is 6.43. The van der Waals surface area contributed by atoms with Crippen molar-refractivity contribution in [3.8, 4) is 0 Å². The molecule has 0 heterocycles. The van der Waals surface area contributed by atoms with Gasteiger partial charge in [-0.2, -0.15) is 0 Å². The predicted molar refractivity (Wildman–Crippen MR) is 77.6 cm³/mol. The molecule has 6 nitrogen and oxygen atoms in total. The van der Waals surface area contributed by atoms with E-state index >= 15 is 0 Å². The summed E-state index contributed by atoms with van der Waals surface area (Å²) in [5, 5.41) is 20.8. The molecule has 1 N–H and O–H groups in total. The minimum Gasteiger partial charge on any atom is -0.459 e. The van der Waals surface area contributed by atoms with E-state index in [2.05, 4.69) is 6.58 Å². The monoisotopic (exact) mass is 293 g/mol. The van der Waals surface area contributed by atoms with E-state index in [4.69, 9.17) is 4.74 Å². The number of ether oxygens (including phenoxy) is 1. The molecule has 21 heavy (non-hydrogen) atoms. The Morgan fingerprint density at radius 1 is 1.38 bits per heavy atom. The molecule has 0 aromatic heterocycles. The lowest BCUT2D eigenvalue weighted by molar-refractivity contribution is -0.384. The topological polar surface area (TPSA) is 89.7 Å². The highest BCUT2D eigenvalue weighted by Gasteiger charge is 2.30. The van der Waals surface area contributed by atoms with Crippen LogP contribution in [0.1, 0.15) is 32.4 Å². The van der Waals surface area contributed by atoms with Crippen LogP contribution in [-0.4, -0.2) is 21.6 Å². The average molecular weight is 293 g/mol. The smallest absolute Gasteiger partial charge is 0.316 e. The summed E-state index contributed by atoms with van der Waals surface area (Å²) in [6, 6.07) is 5.36. The number of hydrogen-bond acceptors (Lipinski definition) is 5. The molecule has 1 aromatic carbocycles. The Morgan fingerprint density at radius 3 is 2.29 bits per heavy atom. The predicted octanol–water partition coefficient (Wildman–Crippen LogP) is 2.77. The third-order valence-electron chi connectivity index (χ3n) is 2.72. The Labute approximate surface area is 123 Å². The number of nitrogens with zero attached hydrogens (tertiary/aromatic N) is 1. The highest BCUT2D eigenvalue weighted by molar-refractivity contribution is 5.75. The number of nitro groups is 1. The second-order valence-corrected chi connectivity index (χ2v) is 5.59. The number of nitro benzene ring substituents is 1. The van der Waals surface area contributed by atoms with Gasteiger partial charge in [0.25, 0.3) is 5.69 Å². The molecule has 0 amide bonds. The van der Waals surface area contributed by atoms with Gasteiger partial charge in [0, 0.05) is 12.1 Å². The van der Waals surface area contributed by atoms with Gasteiger partial charge in [0.05, 0.1) is 11.0 Å². The first-order chi connectivity index (χ1) is 9.65. The standard InChI is InChI=1S/C15H19NO5/c1-5-12(14(18)21-15(2,3)4)13(17)10-6-8-11(9-7-10)16(19)20/h5-9,12-13,17H,1H2,2-4H3/t12-,13-/m1/s1. The molecule has 1 rings (SSSR count). The number of non-ortho nitro benzene ring substituents is 1. The van der Waals surface area contributed by atoms with E-state index in [1.807, 2.05) is 0 Å². The van der Waals surface area contributed by atoms with Crippen LogP contribution in [0.3, 0.4) is 0 Å². The number of aliphatic hydroxyl groups is 1. The summed E-state index contributed by atoms with van der Waals surface area (Å²) in [6.45, 7) is 8.71. The highest BCUT2D eigenvalue weighted by atomic mass is 16.6. The summed E-state index contributed by atoms with van der Waals surface area (Å²) < 4.78 is 5.22. The Balaban J connectivity index is 2.92. The van der Waals surface area contributed by atoms with Gasteiger partial charge in [-0.1, -0.05) is 6.08 Å². The van der Waals surface area contributed by atoms with Crippen LogP contribution >= 0.6 is 0 Å². The fourth-order valence-corrected chi connectivity index (χ4v) is 1.72. The minimum absolute atomic E-state index is 0.0848. The zero-order valence-electron chi connectivity index (χ0n) is 12.3. The first kappa shape index (κ1) is 16.8. The van der Waals surface area contributed by atoms with Gasteiger partial charge < -0.3 is 9.84 Å². The molecule has 0 aliphatic carbocycles. The lowest BCUT2D eigenvalue weighted by Gasteiger charge is -2.25. The van der Waals surface area contributed by atoms with Gasteiger partial charge in [-0.05, 0) is 38.5 Å². The van der Waals surface area contributed by atoms with E-state index in [9.17, 15) is 20.0 Å². The average Bonchev–Trinajstić information content (AvgIpc) is 2.37. The van der Waals surface area contributed by atoms with Crippen molar-refractivity contribution >= 4 is 11.7 Å². The Hall–Kier alpha value is -2.21. The second-order valence-electron chi connectivity index (χ2n) is 5.59. The number of esters is 1. The lowest BCUT2D eigenvalue weighted by atomic mass is 9.95. The van der Waals surface area contributed by atoms with E-state index in [1.54, 1.807) is 20.8 Å². The van der Waals surface area contributed by atoms with Crippen molar-refractivity contribution in [3.63, 3.8) is 0 Å². The van der Waals surface area contributed by atoms with Crippen molar-refractivity contribution in [1.82, 2.24) is 0 Å². The SMILES string of the molecule is C=C[C@@H](C(=O)OC(C)(C)C)[C@H](O)c1ccc([N+](=O)[O-])cc1. The molecule has 0 saturated heterocycles. The third-order valence-corrected chi connectivity index (χ3v) is 2.72. The number of hydrogen-bond donors (Lipinski definition) is 1. The second kappa shape index (κ2) is 6.49. The fourth-order valence-electron chi connectivity index (χ4n) is 1.72. The van der Waals surface area contributed by atoms with Gasteiger partial charge in [-0.25, -0.2) is 0 Å². The largest absolute Gasteiger partial charge is 0.459 e. The zero-order chi connectivity index (χ0) is 16.2. The van der Waals surface area contributed by atoms with Crippen LogP contribution in [0.2, 0.25) is 0 Å². The molecule has 0 bridgehead atoms. The molecule has 0 unspecified atom stereocenters. The van der Waals surface area contributed by atoms with Gasteiger partial charge in [-0.15, -0.1) is 6.58 Å². The van der Waals surface area contributed by atoms with Crippen LogP contribution in [0.5, 0.6) is 0 Å². The van der Waals surface area contributed by atoms with E-state index in [0.717, 1.165) is 0 Å². The first-order valence-electron chi connectivity index (χ1n) is 6.43. The van der Waals surface area contributed by atoms with E-state index in [0.29, 0.717) is 5.56 Å². The normalized spacial score (nSPS) is 14.1. The van der Waals surface area contributed by atoms with E-state index in [-0.39, 0.29) is 5.69 Å².